The molecule has 35 heavy (non-hydrogen) atoms. The molecule has 3 aromatic rings. The summed E-state index contributed by atoms with van der Waals surface area (Å²) in [4.78, 5) is 15.1. The summed E-state index contributed by atoms with van der Waals surface area (Å²) < 4.78 is 32.7. The maximum absolute atomic E-state index is 12.9. The average molecular weight is 514 g/mol. The Hall–Kier alpha value is -2.59. The minimum Gasteiger partial charge on any atom is -0.468 e. The van der Waals surface area contributed by atoms with Crippen LogP contribution in [-0.4, -0.2) is 62.0 Å². The lowest BCUT2D eigenvalue weighted by atomic mass is 10.1. The number of hydrogen-bond acceptors (Lipinski definition) is 6. The highest BCUT2D eigenvalue weighted by Gasteiger charge is 2.28. The summed E-state index contributed by atoms with van der Waals surface area (Å²) in [5.41, 5.74) is 2.72. The van der Waals surface area contributed by atoms with Gasteiger partial charge >= 0.3 is 0 Å². The van der Waals surface area contributed by atoms with Crippen LogP contribution in [0, 0.1) is 6.92 Å². The van der Waals surface area contributed by atoms with E-state index >= 15 is 0 Å². The van der Waals surface area contributed by atoms with Gasteiger partial charge in [0.25, 0.3) is 5.91 Å². The van der Waals surface area contributed by atoms with Crippen LogP contribution in [0.15, 0.2) is 76.2 Å². The van der Waals surface area contributed by atoms with Crippen molar-refractivity contribution in [2.45, 2.75) is 24.1 Å². The molecule has 0 saturated carbocycles. The van der Waals surface area contributed by atoms with Gasteiger partial charge in [-0.1, -0.05) is 29.8 Å². The quantitative estimate of drug-likeness (QED) is 0.416. The zero-order chi connectivity index (χ0) is 24.7. The fourth-order valence-electron chi connectivity index (χ4n) is 3.96. The number of nitrogens with zero attached hydrogens (tertiary/aromatic N) is 2. The van der Waals surface area contributed by atoms with E-state index in [1.54, 1.807) is 34.5 Å². The summed E-state index contributed by atoms with van der Waals surface area (Å²) in [6.45, 7) is 5.41. The third-order valence-corrected chi connectivity index (χ3v) is 8.84. The van der Waals surface area contributed by atoms with Crippen molar-refractivity contribution in [3.05, 3.63) is 89.4 Å². The molecule has 0 unspecified atom stereocenters. The van der Waals surface area contributed by atoms with E-state index in [1.807, 2.05) is 55.5 Å². The summed E-state index contributed by atoms with van der Waals surface area (Å²) in [7, 11) is -3.47. The van der Waals surface area contributed by atoms with Crippen LogP contribution >= 0.6 is 11.8 Å². The van der Waals surface area contributed by atoms with Gasteiger partial charge in [0.1, 0.15) is 5.76 Å². The molecule has 4 rings (SSSR count). The lowest BCUT2D eigenvalue weighted by Crippen LogP contribution is -2.48. The van der Waals surface area contributed by atoms with Crippen LogP contribution in [0.3, 0.4) is 0 Å². The highest BCUT2D eigenvalue weighted by molar-refractivity contribution is 7.98. The van der Waals surface area contributed by atoms with E-state index in [1.165, 1.54) is 0 Å². The number of aryl methyl sites for hydroxylation is 1. The number of carbonyl (C=O) groups is 1. The van der Waals surface area contributed by atoms with Crippen molar-refractivity contribution in [3.63, 3.8) is 0 Å². The van der Waals surface area contributed by atoms with Gasteiger partial charge in [-0.05, 0) is 48.9 Å². The van der Waals surface area contributed by atoms with E-state index in [0.29, 0.717) is 49.7 Å². The summed E-state index contributed by atoms with van der Waals surface area (Å²) >= 11 is 1.71. The van der Waals surface area contributed by atoms with E-state index in [-0.39, 0.29) is 5.91 Å². The molecule has 0 atom stereocenters. The maximum atomic E-state index is 12.9. The molecule has 1 N–H and O–H groups in total. The zero-order valence-electron chi connectivity index (χ0n) is 19.9. The van der Waals surface area contributed by atoms with Gasteiger partial charge < -0.3 is 9.73 Å². The van der Waals surface area contributed by atoms with Crippen molar-refractivity contribution < 1.29 is 17.6 Å². The van der Waals surface area contributed by atoms with Crippen LogP contribution < -0.4 is 5.32 Å². The van der Waals surface area contributed by atoms with Gasteiger partial charge in [-0.3, -0.25) is 9.69 Å². The van der Waals surface area contributed by atoms with Crippen LogP contribution in [0.1, 0.15) is 27.2 Å². The van der Waals surface area contributed by atoms with Crippen molar-refractivity contribution in [1.29, 1.82) is 0 Å². The summed E-state index contributed by atoms with van der Waals surface area (Å²) in [5, 5.41) is 2.97. The lowest BCUT2D eigenvalue weighted by molar-refractivity contribution is 0.0956. The van der Waals surface area contributed by atoms with Gasteiger partial charge in [-0.25, -0.2) is 8.42 Å². The van der Waals surface area contributed by atoms with Crippen LogP contribution in [0.25, 0.3) is 0 Å². The second kappa shape index (κ2) is 11.9. The molecule has 0 radical (unpaired) electrons. The van der Waals surface area contributed by atoms with Gasteiger partial charge in [0.05, 0.1) is 16.9 Å². The molecule has 1 aliphatic rings. The Kier molecular flexibility index (Phi) is 8.67. The fraction of sp³-hybridized carbons (Fsp3) is 0.346. The lowest BCUT2D eigenvalue weighted by Gasteiger charge is -2.34. The maximum Gasteiger partial charge on any atom is 0.251 e. The molecule has 7 nitrogen and oxygen atoms in total. The summed E-state index contributed by atoms with van der Waals surface area (Å²) in [5.74, 6) is 2.45. The third-order valence-electron chi connectivity index (χ3n) is 5.94. The molecule has 1 saturated heterocycles. The Morgan fingerprint density at radius 2 is 1.80 bits per heavy atom. The van der Waals surface area contributed by atoms with E-state index in [4.69, 9.17) is 4.42 Å². The van der Waals surface area contributed by atoms with E-state index in [2.05, 4.69) is 10.2 Å². The Balaban J connectivity index is 1.23. The second-order valence-electron chi connectivity index (χ2n) is 8.58. The molecule has 1 aromatic heterocycles. The van der Waals surface area contributed by atoms with Crippen molar-refractivity contribution in [1.82, 2.24) is 14.5 Å². The topological polar surface area (TPSA) is 82.9 Å². The number of thioether (sulfide) groups is 1. The highest BCUT2D eigenvalue weighted by atomic mass is 32.2. The number of carbonyl (C=O) groups excluding carboxylic acids is 1. The number of nitrogens with one attached hydrogen (secondary N) is 1. The van der Waals surface area contributed by atoms with Crippen molar-refractivity contribution in [3.8, 4) is 0 Å². The van der Waals surface area contributed by atoms with Gasteiger partial charge in [0, 0.05) is 50.6 Å². The number of hydrogen-bond donors (Lipinski definition) is 1. The van der Waals surface area contributed by atoms with Crippen molar-refractivity contribution in [2.24, 2.45) is 0 Å². The van der Waals surface area contributed by atoms with E-state index in [0.717, 1.165) is 28.4 Å². The second-order valence-corrected chi connectivity index (χ2v) is 11.6. The first-order valence-electron chi connectivity index (χ1n) is 11.7. The molecular weight excluding hydrogens is 482 g/mol. The molecule has 2 heterocycles. The number of benzene rings is 2. The Morgan fingerprint density at radius 3 is 2.51 bits per heavy atom. The average Bonchev–Trinajstić information content (AvgIpc) is 3.38. The van der Waals surface area contributed by atoms with Crippen LogP contribution in [0.4, 0.5) is 0 Å². The van der Waals surface area contributed by atoms with Crippen molar-refractivity contribution >= 4 is 27.7 Å². The van der Waals surface area contributed by atoms with E-state index in [9.17, 15) is 13.2 Å². The van der Waals surface area contributed by atoms with Crippen LogP contribution in [-0.2, 0) is 22.3 Å². The van der Waals surface area contributed by atoms with Crippen LogP contribution in [0.2, 0.25) is 0 Å². The first kappa shape index (κ1) is 25.5. The molecule has 1 fully saturated rings. The SMILES string of the molecule is Cc1ccc(S(=O)(=O)N2CCN(Cc3cccc(C(=O)NCCSCc4ccco4)c3)CC2)cc1. The monoisotopic (exact) mass is 513 g/mol. The highest BCUT2D eigenvalue weighted by Crippen LogP contribution is 2.19. The minimum absolute atomic E-state index is 0.0838. The largest absolute Gasteiger partial charge is 0.468 e. The van der Waals surface area contributed by atoms with Gasteiger partial charge in [-0.15, -0.1) is 0 Å². The normalized spacial score (nSPS) is 15.2. The summed E-state index contributed by atoms with van der Waals surface area (Å²) in [6.07, 6.45) is 1.66. The third kappa shape index (κ3) is 6.98. The fourth-order valence-corrected chi connectivity index (χ4v) is 6.14. The zero-order valence-corrected chi connectivity index (χ0v) is 21.5. The first-order valence-corrected chi connectivity index (χ1v) is 14.3. The number of amides is 1. The number of furan rings is 1. The molecule has 1 aliphatic heterocycles. The van der Waals surface area contributed by atoms with E-state index < -0.39 is 10.0 Å². The van der Waals surface area contributed by atoms with Crippen molar-refractivity contribution in [2.75, 3.05) is 38.5 Å². The molecule has 2 aromatic carbocycles. The first-order chi connectivity index (χ1) is 16.9. The molecule has 0 spiro atoms. The van der Waals surface area contributed by atoms with Gasteiger partial charge in [0.2, 0.25) is 10.0 Å². The molecule has 0 bridgehead atoms. The summed E-state index contributed by atoms with van der Waals surface area (Å²) in [6, 6.07) is 18.5. The molecule has 186 valence electrons. The molecular formula is C26H31N3O4S2. The number of piperazine rings is 1. The molecule has 0 aliphatic carbocycles. The minimum atomic E-state index is -3.47. The predicted molar refractivity (Wildman–Crippen MR) is 139 cm³/mol. The van der Waals surface area contributed by atoms with Gasteiger partial charge in [0.15, 0.2) is 0 Å². The van der Waals surface area contributed by atoms with Gasteiger partial charge in [-0.2, -0.15) is 16.1 Å². The Morgan fingerprint density at radius 1 is 1.03 bits per heavy atom. The molecule has 9 heteroatoms. The number of rotatable bonds is 10. The smallest absolute Gasteiger partial charge is 0.251 e. The Bertz CT molecular complexity index is 1200. The number of sulfonamides is 1. The van der Waals surface area contributed by atoms with Crippen LogP contribution in [0.5, 0.6) is 0 Å². The Labute approximate surface area is 211 Å². The standard InChI is InChI=1S/C26H31N3O4S2/c1-21-7-9-25(10-8-21)35(31,32)29-14-12-28(13-15-29)19-22-4-2-5-23(18-22)26(30)27-11-17-34-20-24-6-3-16-33-24/h2-10,16,18H,11-15,17,19-20H2,1H3,(H,27,30). The predicted octanol–water partition coefficient (Wildman–Crippen LogP) is 3.76. The molecule has 1 amide bonds.